The summed E-state index contributed by atoms with van der Waals surface area (Å²) in [5, 5.41) is 9.81. The van der Waals surface area contributed by atoms with Gasteiger partial charge in [0.2, 0.25) is 0 Å². The summed E-state index contributed by atoms with van der Waals surface area (Å²) in [5.74, 6) is -0.0944. The number of para-hydroxylation sites is 1. The summed E-state index contributed by atoms with van der Waals surface area (Å²) in [6.45, 7) is 0. The van der Waals surface area contributed by atoms with Gasteiger partial charge in [0.1, 0.15) is 11.6 Å². The molecule has 0 N–H and O–H groups in total. The van der Waals surface area contributed by atoms with E-state index in [1.165, 1.54) is 6.08 Å². The zero-order valence-corrected chi connectivity index (χ0v) is 14.0. The third kappa shape index (κ3) is 1.98. The largest absolute Gasteiger partial charge is 0.260 e. The Labute approximate surface area is 146 Å². The molecule has 4 atom stereocenters. The Morgan fingerprint density at radius 2 is 2.12 bits per heavy atom. The molecular formula is C20H17FN2S. The van der Waals surface area contributed by atoms with Crippen molar-refractivity contribution >= 4 is 29.0 Å². The summed E-state index contributed by atoms with van der Waals surface area (Å²) in [6, 6.07) is 10.3. The van der Waals surface area contributed by atoms with Gasteiger partial charge in [-0.2, -0.15) is 5.26 Å². The number of thiocarbonyl (C=S) groups is 1. The zero-order valence-electron chi connectivity index (χ0n) is 13.2. The van der Waals surface area contributed by atoms with Crippen LogP contribution < -0.4 is 0 Å². The van der Waals surface area contributed by atoms with Gasteiger partial charge in [0, 0.05) is 11.1 Å². The van der Waals surface area contributed by atoms with Gasteiger partial charge in [-0.25, -0.2) is 4.39 Å². The van der Waals surface area contributed by atoms with Gasteiger partial charge in [0.15, 0.2) is 0 Å². The molecule has 1 aliphatic heterocycles. The number of nitriles is 1. The van der Waals surface area contributed by atoms with Gasteiger partial charge < -0.3 is 0 Å². The molecule has 24 heavy (non-hydrogen) atoms. The van der Waals surface area contributed by atoms with E-state index < -0.39 is 17.0 Å². The van der Waals surface area contributed by atoms with E-state index in [0.717, 1.165) is 22.5 Å². The SMILES string of the molecule is N#CC1(C2CCC(=S)C3(C=Nc4ccccc43)C2)C=CC=CC1F. The van der Waals surface area contributed by atoms with Crippen LogP contribution in [0, 0.1) is 22.7 Å². The minimum Gasteiger partial charge on any atom is -0.260 e. The van der Waals surface area contributed by atoms with Crippen molar-refractivity contribution in [1.82, 2.24) is 0 Å². The molecule has 4 heteroatoms. The molecule has 2 aliphatic carbocycles. The number of hydrogen-bond donors (Lipinski definition) is 0. The number of fused-ring (bicyclic) bond motifs is 2. The average molecular weight is 336 g/mol. The molecule has 0 aromatic heterocycles. The normalized spacial score (nSPS) is 36.8. The van der Waals surface area contributed by atoms with E-state index in [9.17, 15) is 9.65 Å². The summed E-state index contributed by atoms with van der Waals surface area (Å²) in [5.41, 5.74) is 0.484. The van der Waals surface area contributed by atoms with E-state index in [-0.39, 0.29) is 5.92 Å². The molecule has 0 bridgehead atoms. The first-order valence-electron chi connectivity index (χ1n) is 8.22. The van der Waals surface area contributed by atoms with Crippen molar-refractivity contribution in [2.45, 2.75) is 30.8 Å². The van der Waals surface area contributed by atoms with Gasteiger partial charge in [-0.15, -0.1) is 0 Å². The van der Waals surface area contributed by atoms with Crippen LogP contribution in [0.25, 0.3) is 0 Å². The van der Waals surface area contributed by atoms with Crippen LogP contribution in [0.3, 0.4) is 0 Å². The number of benzene rings is 1. The van der Waals surface area contributed by atoms with Crippen LogP contribution in [-0.4, -0.2) is 17.3 Å². The number of aliphatic imine (C=N–C) groups is 1. The van der Waals surface area contributed by atoms with Gasteiger partial charge >= 0.3 is 0 Å². The van der Waals surface area contributed by atoms with Gasteiger partial charge in [-0.3, -0.25) is 4.99 Å². The van der Waals surface area contributed by atoms with Crippen LogP contribution in [0.1, 0.15) is 24.8 Å². The van der Waals surface area contributed by atoms with Crippen LogP contribution in [0.5, 0.6) is 0 Å². The number of hydrogen-bond acceptors (Lipinski definition) is 3. The molecule has 120 valence electrons. The van der Waals surface area contributed by atoms with Crippen molar-refractivity contribution < 1.29 is 4.39 Å². The zero-order chi connectivity index (χ0) is 16.8. The molecule has 1 fully saturated rings. The minimum absolute atomic E-state index is 0.0944. The predicted molar refractivity (Wildman–Crippen MR) is 97.4 cm³/mol. The van der Waals surface area contributed by atoms with Crippen molar-refractivity contribution in [2.75, 3.05) is 0 Å². The highest BCUT2D eigenvalue weighted by molar-refractivity contribution is 7.80. The highest BCUT2D eigenvalue weighted by Gasteiger charge is 2.52. The standard InChI is InChI=1S/C20H17FN2S/c21-17-7-3-4-10-19(17,12-22)14-8-9-18(24)20(11-14)13-23-16-6-2-1-5-15(16)20/h1-7,10,13-14,17H,8-9,11H2. The third-order valence-electron chi connectivity index (χ3n) is 5.68. The first kappa shape index (κ1) is 15.4. The fraction of sp³-hybridized carbons (Fsp3) is 0.350. The molecule has 1 heterocycles. The summed E-state index contributed by atoms with van der Waals surface area (Å²) < 4.78 is 14.7. The van der Waals surface area contributed by atoms with Crippen molar-refractivity contribution in [3.8, 4) is 6.07 Å². The first-order chi connectivity index (χ1) is 11.6. The fourth-order valence-corrected chi connectivity index (χ4v) is 4.68. The van der Waals surface area contributed by atoms with E-state index >= 15 is 0 Å². The Morgan fingerprint density at radius 1 is 1.29 bits per heavy atom. The molecule has 2 nitrogen and oxygen atoms in total. The summed E-state index contributed by atoms with van der Waals surface area (Å²) in [7, 11) is 0. The van der Waals surface area contributed by atoms with E-state index in [1.807, 2.05) is 24.4 Å². The highest BCUT2D eigenvalue weighted by atomic mass is 32.1. The fourth-order valence-electron chi connectivity index (χ4n) is 4.32. The number of halogens is 1. The quantitative estimate of drug-likeness (QED) is 0.692. The van der Waals surface area contributed by atoms with Crippen LogP contribution in [0.15, 0.2) is 53.6 Å². The lowest BCUT2D eigenvalue weighted by Gasteiger charge is -2.44. The van der Waals surface area contributed by atoms with Crippen molar-refractivity contribution in [3.05, 3.63) is 54.1 Å². The molecule has 3 aliphatic rings. The van der Waals surface area contributed by atoms with Crippen LogP contribution in [0.2, 0.25) is 0 Å². The molecule has 1 spiro atoms. The maximum atomic E-state index is 14.7. The molecule has 1 aromatic rings. The maximum absolute atomic E-state index is 14.7. The topological polar surface area (TPSA) is 36.1 Å². The molecule has 0 radical (unpaired) electrons. The van der Waals surface area contributed by atoms with E-state index in [0.29, 0.717) is 12.8 Å². The van der Waals surface area contributed by atoms with Crippen molar-refractivity contribution in [1.29, 1.82) is 5.26 Å². The van der Waals surface area contributed by atoms with Gasteiger partial charge in [-0.05, 0) is 42.9 Å². The smallest absolute Gasteiger partial charge is 0.141 e. The summed E-state index contributed by atoms with van der Waals surface area (Å²) in [6.07, 6.45) is 9.42. The molecule has 4 unspecified atom stereocenters. The molecule has 0 saturated heterocycles. The van der Waals surface area contributed by atoms with Gasteiger partial charge in [0.25, 0.3) is 0 Å². The second-order valence-corrected chi connectivity index (χ2v) is 7.29. The Balaban J connectivity index is 1.77. The number of nitrogens with zero attached hydrogens (tertiary/aromatic N) is 2. The highest BCUT2D eigenvalue weighted by Crippen LogP contribution is 2.52. The molecule has 0 amide bonds. The van der Waals surface area contributed by atoms with Gasteiger partial charge in [0.05, 0.1) is 17.2 Å². The van der Waals surface area contributed by atoms with Crippen molar-refractivity contribution in [2.24, 2.45) is 16.3 Å². The van der Waals surface area contributed by atoms with Gasteiger partial charge in [-0.1, -0.05) is 48.6 Å². The first-order valence-corrected chi connectivity index (χ1v) is 8.62. The lowest BCUT2D eigenvalue weighted by atomic mass is 9.58. The summed E-state index contributed by atoms with van der Waals surface area (Å²) in [4.78, 5) is 5.50. The molecule has 4 rings (SSSR count). The number of rotatable bonds is 1. The molecule has 1 aromatic carbocycles. The summed E-state index contributed by atoms with van der Waals surface area (Å²) >= 11 is 5.71. The second-order valence-electron chi connectivity index (χ2n) is 6.80. The maximum Gasteiger partial charge on any atom is 0.141 e. The van der Waals surface area contributed by atoms with Crippen LogP contribution >= 0.6 is 12.2 Å². The van der Waals surface area contributed by atoms with Crippen LogP contribution in [0.4, 0.5) is 10.1 Å². The Bertz CT molecular complexity index is 834. The Kier molecular flexibility index (Phi) is 3.51. The van der Waals surface area contributed by atoms with Crippen LogP contribution in [-0.2, 0) is 5.41 Å². The number of alkyl halides is 1. The second kappa shape index (κ2) is 5.46. The molecule has 1 saturated carbocycles. The monoisotopic (exact) mass is 336 g/mol. The Hall–Kier alpha value is -2.12. The number of allylic oxidation sites excluding steroid dienone is 4. The average Bonchev–Trinajstić information content (AvgIpc) is 2.98. The van der Waals surface area contributed by atoms with E-state index in [2.05, 4.69) is 17.1 Å². The van der Waals surface area contributed by atoms with Crippen molar-refractivity contribution in [3.63, 3.8) is 0 Å². The predicted octanol–water partition coefficient (Wildman–Crippen LogP) is 4.78. The lowest BCUT2D eigenvalue weighted by Crippen LogP contribution is -2.47. The van der Waals surface area contributed by atoms with E-state index in [1.54, 1.807) is 18.2 Å². The lowest BCUT2D eigenvalue weighted by molar-refractivity contribution is 0.148. The third-order valence-corrected chi connectivity index (χ3v) is 6.25. The Morgan fingerprint density at radius 3 is 2.92 bits per heavy atom. The molecular weight excluding hydrogens is 319 g/mol. The minimum atomic E-state index is -1.28. The van der Waals surface area contributed by atoms with E-state index in [4.69, 9.17) is 12.2 Å².